The predicted octanol–water partition coefficient (Wildman–Crippen LogP) is 3.20. The lowest BCUT2D eigenvalue weighted by atomic mass is 10.1. The van der Waals surface area contributed by atoms with Crippen molar-refractivity contribution in [2.24, 2.45) is 4.99 Å². The lowest BCUT2D eigenvalue weighted by molar-refractivity contribution is -0.385. The molecule has 2 N–H and O–H groups in total. The molecule has 0 unspecified atom stereocenters. The zero-order chi connectivity index (χ0) is 18.7. The predicted molar refractivity (Wildman–Crippen MR) is 98.6 cm³/mol. The molecular weight excluding hydrogens is 358 g/mol. The topological polar surface area (TPSA) is 114 Å². The number of nitrogens with one attached hydrogen (secondary N) is 1. The third-order valence-corrected chi connectivity index (χ3v) is 4.39. The fourth-order valence-corrected chi connectivity index (χ4v) is 3.04. The third kappa shape index (κ3) is 3.67. The molecule has 1 heterocycles. The summed E-state index contributed by atoms with van der Waals surface area (Å²) in [6, 6.07) is 11.1. The Hall–Kier alpha value is -3.33. The Morgan fingerprint density at radius 1 is 1.27 bits per heavy atom. The summed E-state index contributed by atoms with van der Waals surface area (Å²) in [6.07, 6.45) is 1.39. The number of nitro benzene ring substituents is 1. The number of thioether (sulfide) groups is 1. The van der Waals surface area contributed by atoms with E-state index in [4.69, 9.17) is 4.74 Å². The van der Waals surface area contributed by atoms with Gasteiger partial charge in [0, 0.05) is 11.6 Å². The average molecular weight is 371 g/mol. The van der Waals surface area contributed by atoms with Gasteiger partial charge >= 0.3 is 5.69 Å². The summed E-state index contributed by atoms with van der Waals surface area (Å²) in [5.74, 6) is -0.189. The van der Waals surface area contributed by atoms with Gasteiger partial charge < -0.3 is 15.2 Å². The highest BCUT2D eigenvalue weighted by Crippen LogP contribution is 2.34. The molecule has 0 radical (unpaired) electrons. The van der Waals surface area contributed by atoms with E-state index in [0.717, 1.165) is 11.8 Å². The van der Waals surface area contributed by atoms with Crippen LogP contribution in [-0.2, 0) is 4.79 Å². The van der Waals surface area contributed by atoms with E-state index in [2.05, 4.69) is 10.3 Å². The molecule has 9 heteroatoms. The number of rotatable bonds is 4. The Balaban J connectivity index is 1.85. The Morgan fingerprint density at radius 2 is 2.00 bits per heavy atom. The molecule has 1 aliphatic rings. The molecule has 0 aliphatic carbocycles. The number of ether oxygens (including phenoxy) is 1. The third-order valence-electron chi connectivity index (χ3n) is 3.48. The van der Waals surface area contributed by atoms with Crippen molar-refractivity contribution in [3.8, 4) is 11.5 Å². The molecule has 0 saturated carbocycles. The van der Waals surface area contributed by atoms with E-state index in [-0.39, 0.29) is 10.5 Å². The maximum atomic E-state index is 12.1. The Kier molecular flexibility index (Phi) is 4.90. The fraction of sp³-hybridized carbons (Fsp3) is 0.0588. The maximum absolute atomic E-state index is 12.1. The van der Waals surface area contributed by atoms with Crippen LogP contribution in [0.5, 0.6) is 11.5 Å². The average Bonchev–Trinajstić information content (AvgIpc) is 2.96. The van der Waals surface area contributed by atoms with Crippen molar-refractivity contribution >= 4 is 40.3 Å². The highest BCUT2D eigenvalue weighted by molar-refractivity contribution is 8.18. The molecule has 2 aromatic carbocycles. The number of para-hydroxylation sites is 1. The maximum Gasteiger partial charge on any atom is 0.311 e. The first-order valence-electron chi connectivity index (χ1n) is 7.38. The van der Waals surface area contributed by atoms with Gasteiger partial charge in [-0.25, -0.2) is 4.99 Å². The second-order valence-electron chi connectivity index (χ2n) is 5.15. The van der Waals surface area contributed by atoms with Gasteiger partial charge in [-0.2, -0.15) is 0 Å². The number of benzene rings is 2. The minimum Gasteiger partial charge on any atom is -0.502 e. The van der Waals surface area contributed by atoms with Gasteiger partial charge in [-0.05, 0) is 42.1 Å². The van der Waals surface area contributed by atoms with E-state index in [9.17, 15) is 20.0 Å². The molecule has 1 aliphatic heterocycles. The summed E-state index contributed by atoms with van der Waals surface area (Å²) in [7, 11) is 1.56. The van der Waals surface area contributed by atoms with Crippen LogP contribution in [0.15, 0.2) is 52.4 Å². The number of hydrogen-bond donors (Lipinski definition) is 2. The van der Waals surface area contributed by atoms with E-state index >= 15 is 0 Å². The normalized spacial score (nSPS) is 16.7. The van der Waals surface area contributed by atoms with Crippen molar-refractivity contribution in [2.75, 3.05) is 7.11 Å². The molecule has 132 valence electrons. The summed E-state index contributed by atoms with van der Waals surface area (Å²) in [5, 5.41) is 23.9. The summed E-state index contributed by atoms with van der Waals surface area (Å²) >= 11 is 1.08. The first-order chi connectivity index (χ1) is 12.5. The quantitative estimate of drug-likeness (QED) is 0.485. The number of nitrogens with zero attached hydrogens (tertiary/aromatic N) is 2. The molecular formula is C17H13N3O5S. The van der Waals surface area contributed by atoms with Gasteiger partial charge in [0.15, 0.2) is 5.17 Å². The van der Waals surface area contributed by atoms with Gasteiger partial charge in [-0.3, -0.25) is 14.9 Å². The van der Waals surface area contributed by atoms with E-state index < -0.39 is 22.3 Å². The molecule has 26 heavy (non-hydrogen) atoms. The van der Waals surface area contributed by atoms with Gasteiger partial charge in [0.1, 0.15) is 5.75 Å². The van der Waals surface area contributed by atoms with Crippen LogP contribution in [0.25, 0.3) is 6.08 Å². The number of amides is 1. The van der Waals surface area contributed by atoms with Crippen molar-refractivity contribution < 1.29 is 19.6 Å². The van der Waals surface area contributed by atoms with Gasteiger partial charge in [0.05, 0.1) is 22.6 Å². The van der Waals surface area contributed by atoms with Gasteiger partial charge in [-0.15, -0.1) is 0 Å². The molecule has 0 bridgehead atoms. The van der Waals surface area contributed by atoms with Crippen molar-refractivity contribution in [1.29, 1.82) is 0 Å². The minimum atomic E-state index is -0.685. The largest absolute Gasteiger partial charge is 0.502 e. The number of phenolic OH excluding ortho intramolecular Hbond substituents is 1. The smallest absolute Gasteiger partial charge is 0.311 e. The molecule has 8 nitrogen and oxygen atoms in total. The molecule has 0 aromatic heterocycles. The first-order valence-corrected chi connectivity index (χ1v) is 8.19. The number of aliphatic imine (C=N–C) groups is 1. The van der Waals surface area contributed by atoms with Crippen molar-refractivity contribution in [2.45, 2.75) is 0 Å². The number of amidine groups is 1. The first kappa shape index (κ1) is 17.5. The van der Waals surface area contributed by atoms with Crippen LogP contribution in [0.4, 0.5) is 11.4 Å². The summed E-state index contributed by atoms with van der Waals surface area (Å²) in [4.78, 5) is 26.9. The standard InChI is InChI=1S/C17H13N3O5S/c1-25-12-7-5-11(6-8-12)18-17-19-16(22)14(26-17)9-10-3-2-4-13(15(10)21)20(23)24/h2-9,21H,1H3,(H,18,19,22)/b14-9+. The van der Waals surface area contributed by atoms with E-state index in [1.807, 2.05) is 0 Å². The van der Waals surface area contributed by atoms with E-state index in [0.29, 0.717) is 16.6 Å². The van der Waals surface area contributed by atoms with Crippen LogP contribution in [0, 0.1) is 10.1 Å². The lowest BCUT2D eigenvalue weighted by Gasteiger charge is -2.00. The zero-order valence-corrected chi connectivity index (χ0v) is 14.3. The number of aromatic hydroxyl groups is 1. The summed E-state index contributed by atoms with van der Waals surface area (Å²) < 4.78 is 5.07. The molecule has 0 atom stereocenters. The van der Waals surface area contributed by atoms with E-state index in [1.54, 1.807) is 31.4 Å². The highest BCUT2D eigenvalue weighted by Gasteiger charge is 2.25. The summed E-state index contributed by atoms with van der Waals surface area (Å²) in [5.41, 5.74) is 0.394. The molecule has 1 saturated heterocycles. The second kappa shape index (κ2) is 7.28. The van der Waals surface area contributed by atoms with Crippen molar-refractivity contribution in [1.82, 2.24) is 5.32 Å². The molecule has 0 spiro atoms. The van der Waals surface area contributed by atoms with Gasteiger partial charge in [-0.1, -0.05) is 12.1 Å². The monoisotopic (exact) mass is 371 g/mol. The number of hydrogen-bond acceptors (Lipinski definition) is 7. The van der Waals surface area contributed by atoms with Crippen LogP contribution >= 0.6 is 11.8 Å². The second-order valence-corrected chi connectivity index (χ2v) is 6.18. The molecule has 3 rings (SSSR count). The van der Waals surface area contributed by atoms with Crippen LogP contribution in [0.1, 0.15) is 5.56 Å². The zero-order valence-electron chi connectivity index (χ0n) is 13.5. The van der Waals surface area contributed by atoms with Crippen molar-refractivity contribution in [3.05, 3.63) is 63.0 Å². The lowest BCUT2D eigenvalue weighted by Crippen LogP contribution is -2.19. The Labute approximate surface area is 152 Å². The fourth-order valence-electron chi connectivity index (χ4n) is 2.21. The van der Waals surface area contributed by atoms with Crippen LogP contribution in [0.2, 0.25) is 0 Å². The summed E-state index contributed by atoms with van der Waals surface area (Å²) in [6.45, 7) is 0. The number of phenols is 1. The number of nitro groups is 1. The van der Waals surface area contributed by atoms with Crippen molar-refractivity contribution in [3.63, 3.8) is 0 Å². The highest BCUT2D eigenvalue weighted by atomic mass is 32.2. The van der Waals surface area contributed by atoms with Gasteiger partial charge in [0.25, 0.3) is 5.91 Å². The molecule has 1 fully saturated rings. The Morgan fingerprint density at radius 3 is 2.65 bits per heavy atom. The van der Waals surface area contributed by atoms with Crippen LogP contribution < -0.4 is 10.1 Å². The van der Waals surface area contributed by atoms with Crippen LogP contribution in [0.3, 0.4) is 0 Å². The van der Waals surface area contributed by atoms with Gasteiger partial charge in [0.2, 0.25) is 5.75 Å². The Bertz CT molecular complexity index is 938. The number of methoxy groups -OCH3 is 1. The molecule has 2 aromatic rings. The SMILES string of the molecule is COc1ccc(N=C2NC(=O)/C(=C\c3cccc([N+](=O)[O-])c3O)S2)cc1. The van der Waals surface area contributed by atoms with Crippen LogP contribution in [-0.4, -0.2) is 28.2 Å². The molecule has 1 amide bonds. The minimum absolute atomic E-state index is 0.183. The number of carbonyl (C=O) groups is 1. The number of carbonyl (C=O) groups excluding carboxylic acids is 1. The van der Waals surface area contributed by atoms with E-state index in [1.165, 1.54) is 24.3 Å².